The molecule has 3 rings (SSSR count). The number of ether oxygens (including phenoxy) is 2. The van der Waals surface area contributed by atoms with Gasteiger partial charge in [-0.3, -0.25) is 0 Å². The van der Waals surface area contributed by atoms with Crippen LogP contribution < -0.4 is 0 Å². The number of para-hydroxylation sites is 1. The molecule has 0 aliphatic heterocycles. The molecular weight excluding hydrogens is 464 g/mol. The zero-order chi connectivity index (χ0) is 22.9. The number of rotatable bonds is 4. The van der Waals surface area contributed by atoms with Gasteiger partial charge < -0.3 is 14.6 Å². The van der Waals surface area contributed by atoms with E-state index < -0.39 is 11.9 Å². The van der Waals surface area contributed by atoms with Gasteiger partial charge in [-0.2, -0.15) is 5.10 Å². The molecule has 0 bridgehead atoms. The number of carbonyl (C=O) groups is 2. The zero-order valence-corrected chi connectivity index (χ0v) is 19.5. The minimum absolute atomic E-state index is 0.0905. The van der Waals surface area contributed by atoms with Crippen LogP contribution >= 0.6 is 15.9 Å². The second kappa shape index (κ2) is 8.55. The van der Waals surface area contributed by atoms with E-state index in [2.05, 4.69) is 21.0 Å². The van der Waals surface area contributed by atoms with Gasteiger partial charge in [0.1, 0.15) is 17.0 Å². The van der Waals surface area contributed by atoms with Gasteiger partial charge in [0.25, 0.3) is 0 Å². The number of phenols is 1. The van der Waals surface area contributed by atoms with Crippen LogP contribution in [0.4, 0.5) is 0 Å². The van der Waals surface area contributed by atoms with Crippen molar-refractivity contribution in [3.63, 3.8) is 0 Å². The first-order valence-electron chi connectivity index (χ1n) is 9.48. The molecule has 1 N–H and O–H groups in total. The van der Waals surface area contributed by atoms with Gasteiger partial charge in [0.05, 0.1) is 24.4 Å². The van der Waals surface area contributed by atoms with Crippen LogP contribution in [0.25, 0.3) is 16.9 Å². The van der Waals surface area contributed by atoms with Gasteiger partial charge in [0, 0.05) is 5.56 Å². The van der Waals surface area contributed by atoms with Crippen LogP contribution in [0.3, 0.4) is 0 Å². The summed E-state index contributed by atoms with van der Waals surface area (Å²) in [5.74, 6) is -1.63. The summed E-state index contributed by atoms with van der Waals surface area (Å²) in [6.07, 6.45) is 0. The van der Waals surface area contributed by atoms with Crippen LogP contribution in [0, 0.1) is 0 Å². The zero-order valence-electron chi connectivity index (χ0n) is 17.9. The lowest BCUT2D eigenvalue weighted by Gasteiger charge is -2.21. The fraction of sp³-hybridized carbons (Fsp3) is 0.261. The van der Waals surface area contributed by atoms with Crippen LogP contribution in [-0.4, -0.2) is 41.0 Å². The van der Waals surface area contributed by atoms with E-state index in [0.717, 1.165) is 5.56 Å². The fourth-order valence-corrected chi connectivity index (χ4v) is 3.62. The molecule has 1 heterocycles. The number of benzene rings is 2. The van der Waals surface area contributed by atoms with Crippen molar-refractivity contribution in [2.45, 2.75) is 26.2 Å². The highest BCUT2D eigenvalue weighted by molar-refractivity contribution is 9.10. The summed E-state index contributed by atoms with van der Waals surface area (Å²) in [5, 5.41) is 15.4. The summed E-state index contributed by atoms with van der Waals surface area (Å²) in [5.41, 5.74) is 1.42. The van der Waals surface area contributed by atoms with Crippen LogP contribution in [0.5, 0.6) is 5.75 Å². The Morgan fingerprint density at radius 1 is 1.03 bits per heavy atom. The Bertz CT molecular complexity index is 1150. The third kappa shape index (κ3) is 4.20. The number of aromatic hydroxyl groups is 1. The average molecular weight is 487 g/mol. The maximum atomic E-state index is 12.8. The van der Waals surface area contributed by atoms with Crippen LogP contribution in [0.2, 0.25) is 0 Å². The summed E-state index contributed by atoms with van der Waals surface area (Å²) in [7, 11) is 2.44. The molecule has 31 heavy (non-hydrogen) atoms. The predicted molar refractivity (Wildman–Crippen MR) is 120 cm³/mol. The van der Waals surface area contributed by atoms with Crippen molar-refractivity contribution in [2.75, 3.05) is 14.2 Å². The Labute approximate surface area is 188 Å². The van der Waals surface area contributed by atoms with E-state index in [9.17, 15) is 14.7 Å². The van der Waals surface area contributed by atoms with Crippen molar-refractivity contribution in [2.24, 2.45) is 0 Å². The molecule has 1 aromatic heterocycles. The van der Waals surface area contributed by atoms with Crippen molar-refractivity contribution >= 4 is 27.9 Å². The number of esters is 2. The molecule has 0 radical (unpaired) electrons. The summed E-state index contributed by atoms with van der Waals surface area (Å²) in [6.45, 7) is 6.08. The van der Waals surface area contributed by atoms with Crippen molar-refractivity contribution in [3.05, 3.63) is 63.8 Å². The SMILES string of the molecule is COC(=O)c1c(-c2cc(C(C)(C)C)cc(Br)c2O)nn(-c2ccccc2)c1C(=O)OC. The summed E-state index contributed by atoms with van der Waals surface area (Å²) >= 11 is 3.39. The first-order valence-corrected chi connectivity index (χ1v) is 10.3. The molecule has 8 heteroatoms. The highest BCUT2D eigenvalue weighted by atomic mass is 79.9. The van der Waals surface area contributed by atoms with Crippen LogP contribution in [0.15, 0.2) is 46.9 Å². The molecule has 162 valence electrons. The van der Waals surface area contributed by atoms with Gasteiger partial charge in [0.2, 0.25) is 0 Å². The highest BCUT2D eigenvalue weighted by Gasteiger charge is 2.33. The molecule has 0 saturated carbocycles. The van der Waals surface area contributed by atoms with Crippen molar-refractivity contribution in [1.82, 2.24) is 9.78 Å². The largest absolute Gasteiger partial charge is 0.506 e. The van der Waals surface area contributed by atoms with Crippen LogP contribution in [-0.2, 0) is 14.9 Å². The Kier molecular flexibility index (Phi) is 6.22. The molecule has 0 aliphatic carbocycles. The lowest BCUT2D eigenvalue weighted by molar-refractivity contribution is 0.0549. The maximum Gasteiger partial charge on any atom is 0.357 e. The van der Waals surface area contributed by atoms with Crippen molar-refractivity contribution < 1.29 is 24.2 Å². The minimum atomic E-state index is -0.769. The second-order valence-electron chi connectivity index (χ2n) is 7.91. The molecule has 0 spiro atoms. The monoisotopic (exact) mass is 486 g/mol. The van der Waals surface area contributed by atoms with E-state index in [0.29, 0.717) is 15.7 Å². The number of carbonyl (C=O) groups excluding carboxylic acids is 2. The number of hydrogen-bond acceptors (Lipinski definition) is 6. The molecule has 0 fully saturated rings. The smallest absolute Gasteiger partial charge is 0.357 e. The quantitative estimate of drug-likeness (QED) is 0.528. The average Bonchev–Trinajstić information content (AvgIpc) is 3.14. The van der Waals surface area contributed by atoms with Gasteiger partial charge in [-0.15, -0.1) is 0 Å². The maximum absolute atomic E-state index is 12.8. The fourth-order valence-electron chi connectivity index (χ4n) is 3.16. The predicted octanol–water partition coefficient (Wildman–Crippen LogP) is 4.88. The van der Waals surface area contributed by atoms with E-state index in [1.807, 2.05) is 32.9 Å². The summed E-state index contributed by atoms with van der Waals surface area (Å²) < 4.78 is 11.7. The normalized spacial score (nSPS) is 11.3. The molecule has 0 saturated heterocycles. The van der Waals surface area contributed by atoms with Gasteiger partial charge in [-0.05, 0) is 51.2 Å². The third-order valence-electron chi connectivity index (χ3n) is 4.84. The molecule has 0 unspecified atom stereocenters. The van der Waals surface area contributed by atoms with E-state index in [1.54, 1.807) is 30.3 Å². The Hall–Kier alpha value is -3.13. The minimum Gasteiger partial charge on any atom is -0.506 e. The lowest BCUT2D eigenvalue weighted by Crippen LogP contribution is -2.15. The second-order valence-corrected chi connectivity index (χ2v) is 8.76. The molecule has 0 atom stereocenters. The first kappa shape index (κ1) is 22.6. The third-order valence-corrected chi connectivity index (χ3v) is 5.44. The van der Waals surface area contributed by atoms with E-state index in [1.165, 1.54) is 18.9 Å². The van der Waals surface area contributed by atoms with E-state index >= 15 is 0 Å². The van der Waals surface area contributed by atoms with Crippen molar-refractivity contribution in [1.29, 1.82) is 0 Å². The standard InChI is InChI=1S/C23H23BrN2O5/c1-23(2,3)13-11-15(20(27)16(24)12-13)18-17(21(28)30-4)19(22(29)31-5)26(25-18)14-9-7-6-8-10-14/h6-12,27H,1-5H3. The Balaban J connectivity index is 2.44. The molecule has 7 nitrogen and oxygen atoms in total. The Morgan fingerprint density at radius 3 is 2.19 bits per heavy atom. The molecular formula is C23H23BrN2O5. The van der Waals surface area contributed by atoms with Gasteiger partial charge in [-0.25, -0.2) is 14.3 Å². The summed E-state index contributed by atoms with van der Waals surface area (Å²) in [6, 6.07) is 12.4. The van der Waals surface area contributed by atoms with Crippen LogP contribution in [0.1, 0.15) is 47.2 Å². The number of nitrogens with zero attached hydrogens (tertiary/aromatic N) is 2. The number of methoxy groups -OCH3 is 2. The molecule has 0 aliphatic rings. The molecule has 2 aromatic carbocycles. The number of hydrogen-bond donors (Lipinski definition) is 1. The topological polar surface area (TPSA) is 90.6 Å². The van der Waals surface area contributed by atoms with E-state index in [4.69, 9.17) is 9.47 Å². The summed E-state index contributed by atoms with van der Waals surface area (Å²) in [4.78, 5) is 25.5. The van der Waals surface area contributed by atoms with Crippen molar-refractivity contribution in [3.8, 4) is 22.7 Å². The number of phenolic OH excluding ortho intramolecular Hbond substituents is 1. The van der Waals surface area contributed by atoms with Gasteiger partial charge >= 0.3 is 11.9 Å². The lowest BCUT2D eigenvalue weighted by atomic mass is 9.85. The molecule has 0 amide bonds. The van der Waals surface area contributed by atoms with E-state index in [-0.39, 0.29) is 28.1 Å². The first-order chi connectivity index (χ1) is 14.6. The van der Waals surface area contributed by atoms with Gasteiger partial charge in [-0.1, -0.05) is 39.0 Å². The highest BCUT2D eigenvalue weighted by Crippen LogP contribution is 2.41. The Morgan fingerprint density at radius 2 is 1.65 bits per heavy atom. The number of aromatic nitrogens is 2. The number of halogens is 1. The van der Waals surface area contributed by atoms with Gasteiger partial charge in [0.15, 0.2) is 5.69 Å². The molecule has 3 aromatic rings.